The fourth-order valence-corrected chi connectivity index (χ4v) is 3.42. The Hall–Kier alpha value is -3.28. The Labute approximate surface area is 163 Å². The molecule has 0 radical (unpaired) electrons. The number of rotatable bonds is 3. The minimum absolute atomic E-state index is 0.217. The number of amides is 1. The molecule has 3 aromatic rings. The summed E-state index contributed by atoms with van der Waals surface area (Å²) in [5, 5.41) is 0. The van der Waals surface area contributed by atoms with Crippen molar-refractivity contribution in [1.29, 1.82) is 0 Å². The monoisotopic (exact) mass is 375 g/mol. The molecule has 1 aliphatic heterocycles. The first kappa shape index (κ1) is 18.1. The van der Waals surface area contributed by atoms with Crippen LogP contribution < -0.4 is 4.90 Å². The zero-order valence-corrected chi connectivity index (χ0v) is 16.1. The second-order valence-corrected chi connectivity index (χ2v) is 7.01. The molecule has 0 spiro atoms. The number of ether oxygens (including phenoxy) is 1. The predicted molar refractivity (Wildman–Crippen MR) is 106 cm³/mol. The molecule has 4 rings (SSSR count). The first-order valence-corrected chi connectivity index (χ1v) is 9.29. The van der Waals surface area contributed by atoms with Gasteiger partial charge in [0.15, 0.2) is 6.10 Å². The first-order valence-electron chi connectivity index (χ1n) is 9.29. The maximum absolute atomic E-state index is 12.8. The zero-order valence-electron chi connectivity index (χ0n) is 16.1. The van der Waals surface area contributed by atoms with Crippen molar-refractivity contribution < 1.29 is 14.3 Å². The van der Waals surface area contributed by atoms with Gasteiger partial charge in [0, 0.05) is 12.2 Å². The van der Waals surface area contributed by atoms with Gasteiger partial charge in [-0.2, -0.15) is 0 Å². The second kappa shape index (κ2) is 7.03. The third-order valence-corrected chi connectivity index (χ3v) is 5.10. The van der Waals surface area contributed by atoms with E-state index in [9.17, 15) is 9.59 Å². The zero-order chi connectivity index (χ0) is 19.8. The van der Waals surface area contributed by atoms with Gasteiger partial charge in [-0.15, -0.1) is 0 Å². The maximum atomic E-state index is 12.8. The number of nitrogens with zero attached hydrogens (tertiary/aromatic N) is 3. The van der Waals surface area contributed by atoms with Crippen molar-refractivity contribution in [2.45, 2.75) is 33.3 Å². The topological polar surface area (TPSA) is 72.4 Å². The van der Waals surface area contributed by atoms with Crippen LogP contribution in [0.4, 0.5) is 5.69 Å². The highest BCUT2D eigenvalue weighted by Gasteiger charge is 2.30. The van der Waals surface area contributed by atoms with Crippen molar-refractivity contribution in [1.82, 2.24) is 9.97 Å². The average Bonchev–Trinajstić information content (AvgIpc) is 3.12. The number of benzene rings is 2. The molecule has 1 atom stereocenters. The number of anilines is 1. The molecular weight excluding hydrogens is 354 g/mol. The molecule has 6 nitrogen and oxygen atoms in total. The predicted octanol–water partition coefficient (Wildman–Crippen LogP) is 3.38. The summed E-state index contributed by atoms with van der Waals surface area (Å²) in [4.78, 5) is 36.0. The molecule has 1 amide bonds. The molecule has 0 fully saturated rings. The molecule has 6 heteroatoms. The maximum Gasteiger partial charge on any atom is 0.338 e. The average molecular weight is 375 g/mol. The lowest BCUT2D eigenvalue weighted by molar-refractivity contribution is -0.126. The van der Waals surface area contributed by atoms with Crippen LogP contribution in [0.15, 0.2) is 42.5 Å². The molecule has 0 aliphatic carbocycles. The van der Waals surface area contributed by atoms with E-state index in [-0.39, 0.29) is 5.91 Å². The van der Waals surface area contributed by atoms with E-state index >= 15 is 0 Å². The largest absolute Gasteiger partial charge is 0.449 e. The van der Waals surface area contributed by atoms with E-state index in [0.29, 0.717) is 17.6 Å². The van der Waals surface area contributed by atoms with Crippen LogP contribution in [0.1, 0.15) is 34.2 Å². The number of aryl methyl sites for hydroxylation is 2. The lowest BCUT2D eigenvalue weighted by atomic mass is 10.1. The summed E-state index contributed by atoms with van der Waals surface area (Å²) in [7, 11) is 0. The number of carbonyl (C=O) groups is 2. The van der Waals surface area contributed by atoms with Gasteiger partial charge in [0.1, 0.15) is 0 Å². The second-order valence-electron chi connectivity index (χ2n) is 7.01. The highest BCUT2D eigenvalue weighted by atomic mass is 16.5. The van der Waals surface area contributed by atoms with Gasteiger partial charge in [-0.05, 0) is 57.0 Å². The summed E-state index contributed by atoms with van der Waals surface area (Å²) in [6.45, 7) is 5.98. The molecule has 1 unspecified atom stereocenters. The smallest absolute Gasteiger partial charge is 0.338 e. The van der Waals surface area contributed by atoms with Crippen LogP contribution in [0.5, 0.6) is 0 Å². The van der Waals surface area contributed by atoms with Gasteiger partial charge >= 0.3 is 5.97 Å². The van der Waals surface area contributed by atoms with E-state index in [1.165, 1.54) is 0 Å². The van der Waals surface area contributed by atoms with Crippen molar-refractivity contribution in [2.24, 2.45) is 0 Å². The van der Waals surface area contributed by atoms with Crippen molar-refractivity contribution >= 4 is 28.6 Å². The van der Waals surface area contributed by atoms with Gasteiger partial charge < -0.3 is 9.64 Å². The van der Waals surface area contributed by atoms with Gasteiger partial charge in [-0.25, -0.2) is 14.8 Å². The quantitative estimate of drug-likeness (QED) is 0.656. The van der Waals surface area contributed by atoms with Crippen molar-refractivity contribution in [3.63, 3.8) is 0 Å². The van der Waals surface area contributed by atoms with Gasteiger partial charge in [0.05, 0.1) is 28.0 Å². The summed E-state index contributed by atoms with van der Waals surface area (Å²) in [6.07, 6.45) is -0.0646. The molecule has 142 valence electrons. The molecule has 2 heterocycles. The molecule has 0 bridgehead atoms. The summed E-state index contributed by atoms with van der Waals surface area (Å²) in [5.74, 6) is -0.763. The van der Waals surface area contributed by atoms with Crippen molar-refractivity contribution in [3.8, 4) is 0 Å². The number of hydrogen-bond donors (Lipinski definition) is 0. The number of esters is 1. The van der Waals surface area contributed by atoms with E-state index in [0.717, 1.165) is 34.6 Å². The first-order chi connectivity index (χ1) is 13.4. The fraction of sp³-hybridized carbons (Fsp3) is 0.273. The van der Waals surface area contributed by atoms with E-state index < -0.39 is 12.1 Å². The number of hydrogen-bond acceptors (Lipinski definition) is 5. The summed E-state index contributed by atoms with van der Waals surface area (Å²) >= 11 is 0. The molecular formula is C22H21N3O3. The number of aromatic nitrogens is 2. The van der Waals surface area contributed by atoms with Crippen LogP contribution >= 0.6 is 0 Å². The number of carbonyl (C=O) groups excluding carboxylic acids is 2. The molecule has 0 saturated heterocycles. The molecule has 1 aliphatic rings. The van der Waals surface area contributed by atoms with Crippen LogP contribution in [0.2, 0.25) is 0 Å². The Morgan fingerprint density at radius 3 is 2.54 bits per heavy atom. The minimum atomic E-state index is -0.875. The van der Waals surface area contributed by atoms with Crippen LogP contribution in [-0.4, -0.2) is 34.5 Å². The Morgan fingerprint density at radius 1 is 1.04 bits per heavy atom. The minimum Gasteiger partial charge on any atom is -0.449 e. The molecule has 1 aromatic heterocycles. The highest BCUT2D eigenvalue weighted by Crippen LogP contribution is 2.28. The van der Waals surface area contributed by atoms with Gasteiger partial charge in [-0.3, -0.25) is 4.79 Å². The van der Waals surface area contributed by atoms with E-state index in [2.05, 4.69) is 9.97 Å². The molecule has 2 aromatic carbocycles. The van der Waals surface area contributed by atoms with Crippen LogP contribution in [-0.2, 0) is 16.0 Å². The highest BCUT2D eigenvalue weighted by molar-refractivity contribution is 6.01. The Balaban J connectivity index is 1.51. The van der Waals surface area contributed by atoms with Gasteiger partial charge in [0.2, 0.25) is 0 Å². The van der Waals surface area contributed by atoms with Crippen LogP contribution in [0.3, 0.4) is 0 Å². The fourth-order valence-electron chi connectivity index (χ4n) is 3.42. The van der Waals surface area contributed by atoms with Gasteiger partial charge in [-0.1, -0.05) is 18.2 Å². The van der Waals surface area contributed by atoms with Gasteiger partial charge in [0.25, 0.3) is 5.91 Å². The van der Waals surface area contributed by atoms with E-state index in [4.69, 9.17) is 4.74 Å². The van der Waals surface area contributed by atoms with Crippen LogP contribution in [0.25, 0.3) is 11.0 Å². The molecule has 0 saturated carbocycles. The third-order valence-electron chi connectivity index (χ3n) is 5.10. The summed E-state index contributed by atoms with van der Waals surface area (Å²) in [5.41, 5.74) is 5.39. The lowest BCUT2D eigenvalue weighted by Crippen LogP contribution is -2.39. The van der Waals surface area contributed by atoms with E-state index in [1.807, 2.05) is 38.1 Å². The van der Waals surface area contributed by atoms with E-state index in [1.54, 1.807) is 30.0 Å². The van der Waals surface area contributed by atoms with Crippen LogP contribution in [0, 0.1) is 13.8 Å². The lowest BCUT2D eigenvalue weighted by Gasteiger charge is -2.21. The summed E-state index contributed by atoms with van der Waals surface area (Å²) < 4.78 is 5.45. The molecule has 0 N–H and O–H groups in total. The SMILES string of the molecule is Cc1nc2ccc(C(=O)OC(C)C(=O)N3CCc4ccccc43)cc2nc1C. The summed E-state index contributed by atoms with van der Waals surface area (Å²) in [6, 6.07) is 12.8. The Bertz CT molecular complexity index is 1090. The number of fused-ring (bicyclic) bond motifs is 2. The standard InChI is InChI=1S/C22H21N3O3/c1-13-14(2)24-19-12-17(8-9-18(19)23-13)22(27)28-15(3)21(26)25-11-10-16-6-4-5-7-20(16)25/h4-9,12,15H,10-11H2,1-3H3. The van der Waals surface area contributed by atoms with Crippen molar-refractivity contribution in [3.05, 3.63) is 65.0 Å². The third kappa shape index (κ3) is 3.22. The Kier molecular flexibility index (Phi) is 4.55. The Morgan fingerprint density at radius 2 is 1.75 bits per heavy atom. The number of para-hydroxylation sites is 1. The normalized spacial score (nSPS) is 14.0. The van der Waals surface area contributed by atoms with Crippen molar-refractivity contribution in [2.75, 3.05) is 11.4 Å². The molecule has 28 heavy (non-hydrogen) atoms.